The molecule has 25 heavy (non-hydrogen) atoms. The SMILES string of the molecule is CN(C(=O)OC(C)(C)C)C(Cc1ccccc1)c1nnc(C(N)=O)o1. The van der Waals surface area contributed by atoms with E-state index in [9.17, 15) is 9.59 Å². The number of rotatable bonds is 5. The maximum absolute atomic E-state index is 12.4. The third kappa shape index (κ3) is 5.03. The average Bonchev–Trinajstić information content (AvgIpc) is 3.01. The molecule has 8 nitrogen and oxygen atoms in total. The van der Waals surface area contributed by atoms with Crippen molar-refractivity contribution in [2.45, 2.75) is 38.8 Å². The molecule has 2 aromatic rings. The van der Waals surface area contributed by atoms with Gasteiger partial charge in [0.25, 0.3) is 0 Å². The van der Waals surface area contributed by atoms with E-state index in [1.54, 1.807) is 27.8 Å². The molecule has 2 rings (SSSR count). The van der Waals surface area contributed by atoms with E-state index < -0.39 is 23.6 Å². The predicted octanol–water partition coefficient (Wildman–Crippen LogP) is 2.32. The molecule has 0 fully saturated rings. The van der Waals surface area contributed by atoms with Crippen LogP contribution in [0.15, 0.2) is 34.7 Å². The number of likely N-dealkylation sites (N-methyl/N-ethyl adjacent to an activating group) is 1. The fourth-order valence-electron chi connectivity index (χ4n) is 2.16. The van der Waals surface area contributed by atoms with Crippen molar-refractivity contribution in [2.75, 3.05) is 7.05 Å². The summed E-state index contributed by atoms with van der Waals surface area (Å²) in [7, 11) is 1.58. The van der Waals surface area contributed by atoms with E-state index in [2.05, 4.69) is 10.2 Å². The summed E-state index contributed by atoms with van der Waals surface area (Å²) in [5.74, 6) is -1.01. The summed E-state index contributed by atoms with van der Waals surface area (Å²) in [5, 5.41) is 7.49. The van der Waals surface area contributed by atoms with Crippen molar-refractivity contribution in [2.24, 2.45) is 5.73 Å². The quantitative estimate of drug-likeness (QED) is 0.889. The topological polar surface area (TPSA) is 112 Å². The molecule has 1 aromatic heterocycles. The molecule has 134 valence electrons. The molecule has 0 aliphatic carbocycles. The Kier molecular flexibility index (Phi) is 5.41. The van der Waals surface area contributed by atoms with Crippen LogP contribution in [0.2, 0.25) is 0 Å². The summed E-state index contributed by atoms with van der Waals surface area (Å²) in [6.45, 7) is 5.34. The van der Waals surface area contributed by atoms with Crippen LogP contribution in [0, 0.1) is 0 Å². The Balaban J connectivity index is 2.30. The molecular weight excluding hydrogens is 324 g/mol. The molecule has 2 N–H and O–H groups in total. The maximum atomic E-state index is 12.4. The lowest BCUT2D eigenvalue weighted by Crippen LogP contribution is -2.37. The minimum absolute atomic E-state index is 0.117. The zero-order chi connectivity index (χ0) is 18.6. The van der Waals surface area contributed by atoms with Crippen LogP contribution in [0.25, 0.3) is 0 Å². The molecule has 1 aromatic carbocycles. The van der Waals surface area contributed by atoms with Crippen LogP contribution < -0.4 is 5.73 Å². The predicted molar refractivity (Wildman–Crippen MR) is 89.7 cm³/mol. The largest absolute Gasteiger partial charge is 0.444 e. The van der Waals surface area contributed by atoms with Crippen LogP contribution in [0.4, 0.5) is 4.79 Å². The summed E-state index contributed by atoms with van der Waals surface area (Å²) < 4.78 is 10.7. The van der Waals surface area contributed by atoms with Gasteiger partial charge in [-0.15, -0.1) is 10.2 Å². The first-order valence-corrected chi connectivity index (χ1v) is 7.80. The smallest absolute Gasteiger partial charge is 0.410 e. The molecule has 0 saturated heterocycles. The Morgan fingerprint density at radius 3 is 2.40 bits per heavy atom. The van der Waals surface area contributed by atoms with Crippen molar-refractivity contribution in [1.82, 2.24) is 15.1 Å². The second kappa shape index (κ2) is 7.33. The van der Waals surface area contributed by atoms with E-state index in [1.165, 1.54) is 4.90 Å². The van der Waals surface area contributed by atoms with Crippen molar-refractivity contribution >= 4 is 12.0 Å². The average molecular weight is 346 g/mol. The lowest BCUT2D eigenvalue weighted by Gasteiger charge is -2.29. The Bertz CT molecular complexity index is 737. The highest BCUT2D eigenvalue weighted by molar-refractivity contribution is 5.87. The number of ether oxygens (including phenoxy) is 1. The number of nitrogens with zero attached hydrogens (tertiary/aromatic N) is 3. The summed E-state index contributed by atoms with van der Waals surface area (Å²) in [6.07, 6.45) is -0.121. The summed E-state index contributed by atoms with van der Waals surface area (Å²) >= 11 is 0. The number of carbonyl (C=O) groups excluding carboxylic acids is 2. The molecule has 1 unspecified atom stereocenters. The number of nitrogens with two attached hydrogens (primary N) is 1. The van der Waals surface area contributed by atoms with E-state index in [0.29, 0.717) is 6.42 Å². The Morgan fingerprint density at radius 2 is 1.88 bits per heavy atom. The van der Waals surface area contributed by atoms with Gasteiger partial charge in [0.05, 0.1) is 0 Å². The van der Waals surface area contributed by atoms with Gasteiger partial charge in [0.1, 0.15) is 11.6 Å². The van der Waals surface area contributed by atoms with Gasteiger partial charge in [0.15, 0.2) is 0 Å². The highest BCUT2D eigenvalue weighted by Gasteiger charge is 2.31. The normalized spacial score (nSPS) is 12.5. The number of amides is 2. The highest BCUT2D eigenvalue weighted by atomic mass is 16.6. The summed E-state index contributed by atoms with van der Waals surface area (Å²) in [5.41, 5.74) is 5.48. The van der Waals surface area contributed by atoms with Crippen molar-refractivity contribution in [3.8, 4) is 0 Å². The molecular formula is C17H22N4O4. The molecule has 0 spiro atoms. The van der Waals surface area contributed by atoms with E-state index in [1.807, 2.05) is 30.3 Å². The first-order valence-electron chi connectivity index (χ1n) is 7.80. The lowest BCUT2D eigenvalue weighted by molar-refractivity contribution is 0.0195. The molecule has 0 aliphatic rings. The van der Waals surface area contributed by atoms with Gasteiger partial charge < -0.3 is 14.9 Å². The second-order valence-electron chi connectivity index (χ2n) is 6.61. The van der Waals surface area contributed by atoms with Gasteiger partial charge in [-0.25, -0.2) is 4.79 Å². The van der Waals surface area contributed by atoms with E-state index in [4.69, 9.17) is 14.9 Å². The van der Waals surface area contributed by atoms with Crippen LogP contribution in [-0.4, -0.2) is 39.7 Å². The van der Waals surface area contributed by atoms with Gasteiger partial charge in [-0.05, 0) is 26.3 Å². The van der Waals surface area contributed by atoms with E-state index >= 15 is 0 Å². The molecule has 0 bridgehead atoms. The van der Waals surface area contributed by atoms with Gasteiger partial charge in [-0.2, -0.15) is 0 Å². The van der Waals surface area contributed by atoms with Crippen LogP contribution in [0.1, 0.15) is 49.0 Å². The monoisotopic (exact) mass is 346 g/mol. The Hall–Kier alpha value is -2.90. The van der Waals surface area contributed by atoms with Crippen LogP contribution in [0.5, 0.6) is 0 Å². The summed E-state index contributed by atoms with van der Waals surface area (Å²) in [6, 6.07) is 8.92. The van der Waals surface area contributed by atoms with Crippen molar-refractivity contribution in [3.63, 3.8) is 0 Å². The highest BCUT2D eigenvalue weighted by Crippen LogP contribution is 2.25. The van der Waals surface area contributed by atoms with Crippen LogP contribution in [0.3, 0.4) is 0 Å². The Morgan fingerprint density at radius 1 is 1.24 bits per heavy atom. The minimum atomic E-state index is -0.822. The number of carbonyl (C=O) groups is 2. The zero-order valence-corrected chi connectivity index (χ0v) is 14.7. The van der Waals surface area contributed by atoms with Gasteiger partial charge >= 0.3 is 17.9 Å². The van der Waals surface area contributed by atoms with E-state index in [0.717, 1.165) is 5.56 Å². The minimum Gasteiger partial charge on any atom is -0.444 e. The molecule has 2 amide bonds. The van der Waals surface area contributed by atoms with Gasteiger partial charge in [0.2, 0.25) is 5.89 Å². The fraction of sp³-hybridized carbons (Fsp3) is 0.412. The van der Waals surface area contributed by atoms with Gasteiger partial charge in [-0.3, -0.25) is 9.69 Å². The number of aromatic nitrogens is 2. The standard InChI is InChI=1S/C17H22N4O4/c1-17(2,3)25-16(23)21(4)12(10-11-8-6-5-7-9-11)14-19-20-15(24-14)13(18)22/h5-9,12H,10H2,1-4H3,(H2,18,22). The fourth-order valence-corrected chi connectivity index (χ4v) is 2.16. The zero-order valence-electron chi connectivity index (χ0n) is 14.7. The van der Waals surface area contributed by atoms with Crippen molar-refractivity contribution in [1.29, 1.82) is 0 Å². The maximum Gasteiger partial charge on any atom is 0.410 e. The van der Waals surface area contributed by atoms with Gasteiger partial charge in [-0.1, -0.05) is 30.3 Å². The van der Waals surface area contributed by atoms with E-state index in [-0.39, 0.29) is 11.8 Å². The summed E-state index contributed by atoms with van der Waals surface area (Å²) in [4.78, 5) is 25.0. The number of hydrogen-bond donors (Lipinski definition) is 1. The molecule has 0 aliphatic heterocycles. The first kappa shape index (κ1) is 18.4. The molecule has 0 radical (unpaired) electrons. The number of hydrogen-bond acceptors (Lipinski definition) is 6. The number of primary amides is 1. The van der Waals surface area contributed by atoms with Crippen molar-refractivity contribution in [3.05, 3.63) is 47.7 Å². The lowest BCUT2D eigenvalue weighted by atomic mass is 10.1. The van der Waals surface area contributed by atoms with Crippen LogP contribution in [-0.2, 0) is 11.2 Å². The third-order valence-electron chi connectivity index (χ3n) is 3.36. The number of benzene rings is 1. The van der Waals surface area contributed by atoms with Crippen molar-refractivity contribution < 1.29 is 18.7 Å². The molecule has 1 heterocycles. The third-order valence-corrected chi connectivity index (χ3v) is 3.36. The van der Waals surface area contributed by atoms with Gasteiger partial charge in [0, 0.05) is 13.5 Å². The second-order valence-corrected chi connectivity index (χ2v) is 6.61. The first-order chi connectivity index (χ1) is 11.7. The Labute approximate surface area is 146 Å². The molecule has 1 atom stereocenters. The molecule has 0 saturated carbocycles. The molecule has 8 heteroatoms. The van der Waals surface area contributed by atoms with Crippen LogP contribution >= 0.6 is 0 Å².